The van der Waals surface area contributed by atoms with Gasteiger partial charge in [-0.15, -0.1) is 4.89 Å². The maximum absolute atomic E-state index is 12.0. The number of ether oxygens (including phenoxy) is 1. The number of hydrogen-bond acceptors (Lipinski definition) is 6. The van der Waals surface area contributed by atoms with Gasteiger partial charge in [-0.25, -0.2) is 4.79 Å². The molecule has 0 unspecified atom stereocenters. The summed E-state index contributed by atoms with van der Waals surface area (Å²) in [5, 5.41) is 5.21. The summed E-state index contributed by atoms with van der Waals surface area (Å²) in [4.78, 5) is 30.4. The van der Waals surface area contributed by atoms with E-state index in [2.05, 4.69) is 39.8 Å². The lowest BCUT2D eigenvalue weighted by molar-refractivity contribution is -0.126. The molecule has 0 fully saturated rings. The summed E-state index contributed by atoms with van der Waals surface area (Å²) in [5.41, 5.74) is 4.68. The summed E-state index contributed by atoms with van der Waals surface area (Å²) >= 11 is 0.730. The van der Waals surface area contributed by atoms with Crippen molar-refractivity contribution >= 4 is 33.8 Å². The third-order valence-electron chi connectivity index (χ3n) is 4.35. The van der Waals surface area contributed by atoms with Gasteiger partial charge in [0.1, 0.15) is 13.2 Å². The molecule has 3 N–H and O–H groups in total. The van der Waals surface area contributed by atoms with E-state index in [-0.39, 0.29) is 38.1 Å². The van der Waals surface area contributed by atoms with E-state index in [9.17, 15) is 9.59 Å². The molecule has 7 nitrogen and oxygen atoms in total. The van der Waals surface area contributed by atoms with Crippen molar-refractivity contribution in [2.45, 2.75) is 5.92 Å². The summed E-state index contributed by atoms with van der Waals surface area (Å²) < 4.78 is 5.41. The third kappa shape index (κ3) is 5.17. The minimum atomic E-state index is -0.521. The van der Waals surface area contributed by atoms with E-state index in [0.29, 0.717) is 0 Å². The third-order valence-corrected chi connectivity index (χ3v) is 4.72. The van der Waals surface area contributed by atoms with Crippen LogP contribution in [0.15, 0.2) is 48.5 Å². The maximum Gasteiger partial charge on any atom is 0.407 e. The van der Waals surface area contributed by atoms with Gasteiger partial charge in [0.2, 0.25) is 5.91 Å². The number of fused-ring (bicyclic) bond motifs is 3. The molecule has 0 heterocycles. The van der Waals surface area contributed by atoms with E-state index >= 15 is 0 Å². The topological polar surface area (TPSA) is 88.7 Å². The van der Waals surface area contributed by atoms with Crippen LogP contribution < -0.4 is 15.5 Å². The van der Waals surface area contributed by atoms with Crippen LogP contribution in [-0.2, 0) is 14.4 Å². The number of carbonyl (C=O) groups is 2. The number of hydrogen-bond donors (Lipinski definition) is 3. The first-order chi connectivity index (χ1) is 13.7. The van der Waals surface area contributed by atoms with E-state index in [4.69, 9.17) is 20.3 Å². The predicted octanol–water partition coefficient (Wildman–Crippen LogP) is 2.96. The highest BCUT2D eigenvalue weighted by molar-refractivity contribution is 8.19. The SMILES string of the molecule is O=C(CONSCl)NCCNC(=O)OCC1c2ccccc2-c2ccccc21. The Hall–Kier alpha value is -2.26. The number of carbonyl (C=O) groups excluding carboxylic acids is 2. The van der Waals surface area contributed by atoms with Gasteiger partial charge in [0.15, 0.2) is 0 Å². The lowest BCUT2D eigenvalue weighted by Crippen LogP contribution is -2.37. The van der Waals surface area contributed by atoms with Crippen LogP contribution in [0.3, 0.4) is 0 Å². The monoisotopic (exact) mass is 421 g/mol. The largest absolute Gasteiger partial charge is 0.449 e. The Balaban J connectivity index is 1.43. The highest BCUT2D eigenvalue weighted by Gasteiger charge is 2.28. The van der Waals surface area contributed by atoms with E-state index in [1.165, 1.54) is 11.1 Å². The lowest BCUT2D eigenvalue weighted by atomic mass is 9.98. The van der Waals surface area contributed by atoms with Crippen LogP contribution in [0.4, 0.5) is 4.79 Å². The van der Waals surface area contributed by atoms with E-state index in [0.717, 1.165) is 22.3 Å². The number of benzene rings is 2. The standard InChI is InChI=1S/C19H20ClN3O4S/c20-28-23-27-12-18(24)21-9-10-22-19(25)26-11-17-15-7-3-1-5-13(15)14-6-2-4-8-16(14)17/h1-8,17,23H,9-12H2,(H,21,24)(H,22,25). The summed E-state index contributed by atoms with van der Waals surface area (Å²) in [6.45, 7) is 0.590. The minimum Gasteiger partial charge on any atom is -0.449 e. The smallest absolute Gasteiger partial charge is 0.407 e. The Bertz CT molecular complexity index is 791. The molecule has 3 rings (SSSR count). The lowest BCUT2D eigenvalue weighted by Gasteiger charge is -2.14. The van der Waals surface area contributed by atoms with Gasteiger partial charge in [0, 0.05) is 19.0 Å². The van der Waals surface area contributed by atoms with Gasteiger partial charge < -0.3 is 15.4 Å². The summed E-state index contributed by atoms with van der Waals surface area (Å²) in [6.07, 6.45) is -0.521. The Kier molecular flexibility index (Phi) is 7.55. The van der Waals surface area contributed by atoms with Crippen molar-refractivity contribution in [2.75, 3.05) is 26.3 Å². The molecule has 28 heavy (non-hydrogen) atoms. The number of amides is 2. The normalized spacial score (nSPS) is 12.2. The zero-order chi connectivity index (χ0) is 19.8. The molecule has 0 saturated carbocycles. The van der Waals surface area contributed by atoms with Crippen molar-refractivity contribution in [1.82, 2.24) is 15.5 Å². The molecule has 0 aliphatic heterocycles. The average molecular weight is 422 g/mol. The van der Waals surface area contributed by atoms with Crippen molar-refractivity contribution in [2.24, 2.45) is 0 Å². The fraction of sp³-hybridized carbons (Fsp3) is 0.263. The number of rotatable bonds is 9. The molecular weight excluding hydrogens is 402 g/mol. The summed E-state index contributed by atoms with van der Waals surface area (Å²) in [7, 11) is 5.27. The Morgan fingerprint density at radius 3 is 2.21 bits per heavy atom. The van der Waals surface area contributed by atoms with Gasteiger partial charge >= 0.3 is 6.09 Å². The molecule has 0 atom stereocenters. The van der Waals surface area contributed by atoms with Crippen LogP contribution in [0, 0.1) is 0 Å². The average Bonchev–Trinajstić information content (AvgIpc) is 3.04. The zero-order valence-corrected chi connectivity index (χ0v) is 16.5. The predicted molar refractivity (Wildman–Crippen MR) is 109 cm³/mol. The molecule has 0 saturated heterocycles. The first-order valence-electron chi connectivity index (χ1n) is 8.70. The highest BCUT2D eigenvalue weighted by atomic mass is 35.7. The van der Waals surface area contributed by atoms with Crippen LogP contribution in [-0.4, -0.2) is 38.3 Å². The maximum atomic E-state index is 12.0. The number of halogens is 1. The van der Waals surface area contributed by atoms with Crippen LogP contribution in [0.1, 0.15) is 17.0 Å². The van der Waals surface area contributed by atoms with Crippen molar-refractivity contribution in [3.8, 4) is 11.1 Å². The molecule has 1 aliphatic carbocycles. The minimum absolute atomic E-state index is 0.0160. The Labute approximate surface area is 171 Å². The van der Waals surface area contributed by atoms with Crippen LogP contribution in [0.5, 0.6) is 0 Å². The molecule has 2 aromatic carbocycles. The molecular formula is C19H20ClN3O4S. The highest BCUT2D eigenvalue weighted by Crippen LogP contribution is 2.44. The Morgan fingerprint density at radius 1 is 0.964 bits per heavy atom. The molecule has 0 aromatic heterocycles. The van der Waals surface area contributed by atoms with Crippen molar-refractivity contribution in [1.29, 1.82) is 0 Å². The molecule has 0 bridgehead atoms. The fourth-order valence-electron chi connectivity index (χ4n) is 3.18. The fourth-order valence-corrected chi connectivity index (χ4v) is 3.42. The molecule has 0 radical (unpaired) electrons. The molecule has 2 aromatic rings. The quantitative estimate of drug-likeness (QED) is 0.328. The first-order valence-corrected chi connectivity index (χ1v) is 10.3. The molecule has 2 amide bonds. The van der Waals surface area contributed by atoms with Gasteiger partial charge in [0.25, 0.3) is 0 Å². The second-order valence-electron chi connectivity index (χ2n) is 6.05. The van der Waals surface area contributed by atoms with Crippen molar-refractivity contribution < 1.29 is 19.2 Å². The molecule has 0 spiro atoms. The van der Waals surface area contributed by atoms with Crippen LogP contribution >= 0.6 is 21.8 Å². The van der Waals surface area contributed by atoms with E-state index < -0.39 is 6.09 Å². The van der Waals surface area contributed by atoms with Crippen LogP contribution in [0.25, 0.3) is 11.1 Å². The van der Waals surface area contributed by atoms with Gasteiger partial charge in [-0.2, -0.15) is 0 Å². The zero-order valence-electron chi connectivity index (χ0n) is 14.9. The molecule has 1 aliphatic rings. The number of alkyl carbamates (subject to hydrolysis) is 1. The van der Waals surface area contributed by atoms with Crippen molar-refractivity contribution in [3.63, 3.8) is 0 Å². The molecule has 9 heteroatoms. The Morgan fingerprint density at radius 2 is 1.57 bits per heavy atom. The van der Waals surface area contributed by atoms with Gasteiger partial charge in [-0.1, -0.05) is 48.5 Å². The van der Waals surface area contributed by atoms with Crippen molar-refractivity contribution in [3.05, 3.63) is 59.7 Å². The second kappa shape index (κ2) is 10.3. The summed E-state index contributed by atoms with van der Waals surface area (Å²) in [5.74, 6) is -0.310. The second-order valence-corrected chi connectivity index (χ2v) is 6.84. The van der Waals surface area contributed by atoms with E-state index in [1.54, 1.807) is 0 Å². The first kappa shape index (κ1) is 20.5. The van der Waals surface area contributed by atoms with Gasteiger partial charge in [-0.3, -0.25) is 9.63 Å². The molecule has 148 valence electrons. The van der Waals surface area contributed by atoms with E-state index in [1.807, 2.05) is 24.3 Å². The van der Waals surface area contributed by atoms with Crippen LogP contribution in [0.2, 0.25) is 0 Å². The summed E-state index contributed by atoms with van der Waals surface area (Å²) in [6, 6.07) is 16.3. The van der Waals surface area contributed by atoms with Gasteiger partial charge in [0.05, 0.1) is 11.2 Å². The van der Waals surface area contributed by atoms with Gasteiger partial charge in [-0.05, 0) is 32.9 Å². The number of nitrogens with one attached hydrogen (secondary N) is 3.